The summed E-state index contributed by atoms with van der Waals surface area (Å²) in [7, 11) is 1.59. The Bertz CT molecular complexity index is 1250. The molecule has 190 valence electrons. The summed E-state index contributed by atoms with van der Waals surface area (Å²) >= 11 is 0. The number of rotatable bonds is 9. The molecule has 0 bridgehead atoms. The number of nitrogens with zero attached hydrogens (tertiary/aromatic N) is 5. The van der Waals surface area contributed by atoms with Crippen LogP contribution >= 0.6 is 0 Å². The molecule has 0 radical (unpaired) electrons. The molecule has 6 rings (SSSR count). The van der Waals surface area contributed by atoms with Gasteiger partial charge in [0.25, 0.3) is 0 Å². The van der Waals surface area contributed by atoms with Gasteiger partial charge in [0.15, 0.2) is 0 Å². The highest BCUT2D eigenvalue weighted by Crippen LogP contribution is 2.42. The van der Waals surface area contributed by atoms with Crippen LogP contribution in [0.15, 0.2) is 24.7 Å². The molecule has 0 spiro atoms. The standard InChI is InChI=1S/C26H33N7O3/c1-3-32-8-10-33(11-9-32)14-16-12-19(16)24(34)31-21-7-6-18-20(13-27-23(18)30-21)22-25(35-2)28-15-29-26(22)36-17-4-5-17/h6-7,13,15-17,19H,3-5,8-12,14H2,1-2H3,(H2,27,30,31,34). The molecule has 2 unspecified atom stereocenters. The summed E-state index contributed by atoms with van der Waals surface area (Å²) in [6, 6.07) is 3.80. The van der Waals surface area contributed by atoms with Gasteiger partial charge in [0, 0.05) is 55.8 Å². The number of anilines is 1. The number of nitrogens with one attached hydrogen (secondary N) is 2. The predicted octanol–water partition coefficient (Wildman–Crippen LogP) is 2.78. The molecule has 3 fully saturated rings. The van der Waals surface area contributed by atoms with E-state index in [2.05, 4.69) is 42.0 Å². The molecule has 2 atom stereocenters. The highest BCUT2D eigenvalue weighted by Gasteiger charge is 2.44. The highest BCUT2D eigenvalue weighted by atomic mass is 16.5. The third-order valence-electron chi connectivity index (χ3n) is 7.50. The summed E-state index contributed by atoms with van der Waals surface area (Å²) in [6.45, 7) is 8.77. The summed E-state index contributed by atoms with van der Waals surface area (Å²) < 4.78 is 11.5. The second kappa shape index (κ2) is 9.67. The topological polar surface area (TPSA) is 109 Å². The first kappa shape index (κ1) is 23.2. The van der Waals surface area contributed by atoms with Crippen LogP contribution in [0.25, 0.3) is 22.2 Å². The van der Waals surface area contributed by atoms with Crippen molar-refractivity contribution in [2.45, 2.75) is 32.3 Å². The molecule has 3 aromatic rings. The number of pyridine rings is 1. The Morgan fingerprint density at radius 1 is 1.14 bits per heavy atom. The Labute approximate surface area is 210 Å². The van der Waals surface area contributed by atoms with Gasteiger partial charge in [-0.3, -0.25) is 4.79 Å². The lowest BCUT2D eigenvalue weighted by atomic mass is 10.1. The summed E-state index contributed by atoms with van der Waals surface area (Å²) in [5.74, 6) is 2.08. The van der Waals surface area contributed by atoms with Gasteiger partial charge in [-0.25, -0.2) is 15.0 Å². The zero-order valence-electron chi connectivity index (χ0n) is 20.9. The Morgan fingerprint density at radius 2 is 1.92 bits per heavy atom. The number of aromatic nitrogens is 4. The molecule has 0 aromatic carbocycles. The summed E-state index contributed by atoms with van der Waals surface area (Å²) in [5, 5.41) is 3.91. The zero-order chi connectivity index (χ0) is 24.6. The van der Waals surface area contributed by atoms with E-state index in [0.29, 0.717) is 34.7 Å². The van der Waals surface area contributed by atoms with Crippen LogP contribution in [0.5, 0.6) is 11.8 Å². The van der Waals surface area contributed by atoms with Gasteiger partial charge in [-0.1, -0.05) is 6.92 Å². The fourth-order valence-electron chi connectivity index (χ4n) is 5.06. The number of amides is 1. The molecule has 36 heavy (non-hydrogen) atoms. The molecule has 10 heteroatoms. The Hall–Kier alpha value is -3.24. The maximum absolute atomic E-state index is 12.9. The van der Waals surface area contributed by atoms with Gasteiger partial charge >= 0.3 is 0 Å². The number of fused-ring (bicyclic) bond motifs is 1. The third-order valence-corrected chi connectivity index (χ3v) is 7.50. The number of H-pyrrole nitrogens is 1. The van der Waals surface area contributed by atoms with Crippen LogP contribution in [0.1, 0.15) is 26.2 Å². The fraction of sp³-hybridized carbons (Fsp3) is 0.538. The van der Waals surface area contributed by atoms with E-state index >= 15 is 0 Å². The number of hydrogen-bond donors (Lipinski definition) is 2. The lowest BCUT2D eigenvalue weighted by molar-refractivity contribution is -0.117. The van der Waals surface area contributed by atoms with E-state index in [1.807, 2.05) is 18.3 Å². The van der Waals surface area contributed by atoms with Crippen LogP contribution in [0.2, 0.25) is 0 Å². The maximum Gasteiger partial charge on any atom is 0.228 e. The Balaban J connectivity index is 1.13. The normalized spacial score (nSPS) is 22.5. The first-order valence-electron chi connectivity index (χ1n) is 12.9. The molecule has 2 aliphatic carbocycles. The van der Waals surface area contributed by atoms with Crippen molar-refractivity contribution in [1.82, 2.24) is 29.7 Å². The molecule has 10 nitrogen and oxygen atoms in total. The van der Waals surface area contributed by atoms with Gasteiger partial charge in [0.05, 0.1) is 7.11 Å². The molecule has 4 heterocycles. The first-order chi connectivity index (χ1) is 17.6. The second-order valence-corrected chi connectivity index (χ2v) is 10.0. The Kier molecular flexibility index (Phi) is 6.22. The van der Waals surface area contributed by atoms with Crippen molar-refractivity contribution in [3.8, 4) is 22.9 Å². The minimum atomic E-state index is 0.0593. The van der Waals surface area contributed by atoms with Crippen molar-refractivity contribution in [3.63, 3.8) is 0 Å². The number of ether oxygens (including phenoxy) is 2. The summed E-state index contributed by atoms with van der Waals surface area (Å²) in [6.07, 6.45) is 6.52. The number of carbonyl (C=O) groups is 1. The zero-order valence-corrected chi connectivity index (χ0v) is 20.9. The SMILES string of the molecule is CCN1CCN(CC2CC2C(=O)Nc2ccc3c(-c4c(OC)ncnc4OC4CC4)c[nH]c3n2)CC1. The molecule has 2 saturated carbocycles. The van der Waals surface area contributed by atoms with Crippen molar-refractivity contribution in [2.75, 3.05) is 51.7 Å². The number of carbonyl (C=O) groups excluding carboxylic acids is 1. The average Bonchev–Trinajstić information content (AvgIpc) is 3.83. The first-order valence-corrected chi connectivity index (χ1v) is 12.9. The summed E-state index contributed by atoms with van der Waals surface area (Å²) in [4.78, 5) is 34.4. The van der Waals surface area contributed by atoms with E-state index in [4.69, 9.17) is 9.47 Å². The minimum Gasteiger partial charge on any atom is -0.480 e. The van der Waals surface area contributed by atoms with Crippen molar-refractivity contribution in [1.29, 1.82) is 0 Å². The van der Waals surface area contributed by atoms with E-state index in [0.717, 1.165) is 69.5 Å². The lowest BCUT2D eigenvalue weighted by Crippen LogP contribution is -2.46. The van der Waals surface area contributed by atoms with E-state index in [-0.39, 0.29) is 17.9 Å². The number of methoxy groups -OCH3 is 1. The van der Waals surface area contributed by atoms with Crippen LogP contribution < -0.4 is 14.8 Å². The van der Waals surface area contributed by atoms with Crippen molar-refractivity contribution < 1.29 is 14.3 Å². The molecule has 1 amide bonds. The highest BCUT2D eigenvalue weighted by molar-refractivity contribution is 5.99. The molecular weight excluding hydrogens is 458 g/mol. The number of likely N-dealkylation sites (N-methyl/N-ethyl adjacent to an activating group) is 1. The molecule has 3 aromatic heterocycles. The van der Waals surface area contributed by atoms with Crippen LogP contribution in [-0.2, 0) is 4.79 Å². The van der Waals surface area contributed by atoms with E-state index < -0.39 is 0 Å². The lowest BCUT2D eigenvalue weighted by Gasteiger charge is -2.34. The van der Waals surface area contributed by atoms with Gasteiger partial charge in [0.1, 0.15) is 29.5 Å². The number of hydrogen-bond acceptors (Lipinski definition) is 8. The van der Waals surface area contributed by atoms with Crippen LogP contribution in [0, 0.1) is 11.8 Å². The van der Waals surface area contributed by atoms with Gasteiger partial charge in [-0.2, -0.15) is 0 Å². The quantitative estimate of drug-likeness (QED) is 0.470. The number of piperazine rings is 1. The smallest absolute Gasteiger partial charge is 0.228 e. The van der Waals surface area contributed by atoms with Gasteiger partial charge in [0.2, 0.25) is 17.7 Å². The monoisotopic (exact) mass is 491 g/mol. The summed E-state index contributed by atoms with van der Waals surface area (Å²) in [5.41, 5.74) is 2.23. The molecule has 1 saturated heterocycles. The van der Waals surface area contributed by atoms with E-state index in [1.165, 1.54) is 6.33 Å². The van der Waals surface area contributed by atoms with Crippen molar-refractivity contribution >= 4 is 22.8 Å². The third kappa shape index (κ3) is 4.75. The van der Waals surface area contributed by atoms with Gasteiger partial charge in [-0.15, -0.1) is 0 Å². The predicted molar refractivity (Wildman–Crippen MR) is 136 cm³/mol. The van der Waals surface area contributed by atoms with Crippen molar-refractivity contribution in [3.05, 3.63) is 24.7 Å². The molecule has 2 N–H and O–H groups in total. The van der Waals surface area contributed by atoms with Gasteiger partial charge < -0.3 is 29.6 Å². The van der Waals surface area contributed by atoms with Crippen LogP contribution in [-0.4, -0.2) is 88.1 Å². The van der Waals surface area contributed by atoms with E-state index in [9.17, 15) is 4.79 Å². The molecule has 1 aliphatic heterocycles. The second-order valence-electron chi connectivity index (χ2n) is 10.0. The van der Waals surface area contributed by atoms with Crippen molar-refractivity contribution in [2.24, 2.45) is 11.8 Å². The maximum atomic E-state index is 12.9. The molecule has 3 aliphatic rings. The number of aromatic amines is 1. The van der Waals surface area contributed by atoms with Crippen LogP contribution in [0.3, 0.4) is 0 Å². The molecular formula is C26H33N7O3. The Morgan fingerprint density at radius 3 is 2.67 bits per heavy atom. The fourth-order valence-corrected chi connectivity index (χ4v) is 5.06. The largest absolute Gasteiger partial charge is 0.480 e. The van der Waals surface area contributed by atoms with E-state index in [1.54, 1.807) is 7.11 Å². The average molecular weight is 492 g/mol. The van der Waals surface area contributed by atoms with Crippen LogP contribution in [0.4, 0.5) is 5.82 Å². The van der Waals surface area contributed by atoms with Gasteiger partial charge in [-0.05, 0) is 43.9 Å². The minimum absolute atomic E-state index is 0.0593.